The number of nitrogens with zero attached hydrogens (tertiary/aromatic N) is 5. The highest BCUT2D eigenvalue weighted by Gasteiger charge is 2.28. The second kappa shape index (κ2) is 10.6. The molecule has 2 N–H and O–H groups in total. The number of aryl methyl sites for hydroxylation is 1. The maximum Gasteiger partial charge on any atom is 0.191 e. The molecule has 0 amide bonds. The Bertz CT molecular complexity index is 578. The van der Waals surface area contributed by atoms with Crippen LogP contribution in [0.3, 0.4) is 0 Å². The van der Waals surface area contributed by atoms with Gasteiger partial charge in [-0.2, -0.15) is 0 Å². The van der Waals surface area contributed by atoms with E-state index in [4.69, 9.17) is 9.73 Å². The molecule has 2 heterocycles. The minimum absolute atomic E-state index is 0.0114. The SMILES string of the molecule is CCc1nncn1CCNC(=NCC(C)(C)N1CCOCC1)NC(C)CC. The van der Waals surface area contributed by atoms with Crippen LogP contribution in [0.2, 0.25) is 0 Å². The molecule has 1 aliphatic heterocycles. The average Bonchev–Trinajstić information content (AvgIpc) is 3.14. The van der Waals surface area contributed by atoms with Crippen molar-refractivity contribution >= 4 is 5.96 Å². The smallest absolute Gasteiger partial charge is 0.191 e. The van der Waals surface area contributed by atoms with Crippen molar-refractivity contribution in [1.82, 2.24) is 30.3 Å². The van der Waals surface area contributed by atoms with Crippen molar-refractivity contribution in [2.24, 2.45) is 4.99 Å². The zero-order valence-corrected chi connectivity index (χ0v) is 17.7. The lowest BCUT2D eigenvalue weighted by atomic mass is 10.0. The summed E-state index contributed by atoms with van der Waals surface area (Å²) in [7, 11) is 0. The molecule has 0 aromatic carbocycles. The Morgan fingerprint density at radius 3 is 2.74 bits per heavy atom. The van der Waals surface area contributed by atoms with Gasteiger partial charge in [0.05, 0.1) is 19.8 Å². The molecule has 1 atom stereocenters. The predicted molar refractivity (Wildman–Crippen MR) is 109 cm³/mol. The summed E-state index contributed by atoms with van der Waals surface area (Å²) in [6.07, 6.45) is 3.74. The van der Waals surface area contributed by atoms with Crippen LogP contribution in [0.25, 0.3) is 0 Å². The van der Waals surface area contributed by atoms with E-state index in [0.29, 0.717) is 6.04 Å². The molecule has 27 heavy (non-hydrogen) atoms. The summed E-state index contributed by atoms with van der Waals surface area (Å²) in [5.74, 6) is 1.88. The molecule has 1 aliphatic rings. The van der Waals surface area contributed by atoms with E-state index in [1.54, 1.807) is 6.33 Å². The monoisotopic (exact) mass is 379 g/mol. The molecule has 0 saturated carbocycles. The van der Waals surface area contributed by atoms with Crippen molar-refractivity contribution in [2.75, 3.05) is 39.4 Å². The highest BCUT2D eigenvalue weighted by Crippen LogP contribution is 2.16. The lowest BCUT2D eigenvalue weighted by Gasteiger charge is -2.40. The maximum absolute atomic E-state index is 5.48. The number of hydrogen-bond acceptors (Lipinski definition) is 5. The van der Waals surface area contributed by atoms with Crippen molar-refractivity contribution in [2.45, 2.75) is 65.6 Å². The van der Waals surface area contributed by atoms with Crippen molar-refractivity contribution in [3.8, 4) is 0 Å². The Labute approximate surface area is 163 Å². The minimum Gasteiger partial charge on any atom is -0.379 e. The molecule has 0 bridgehead atoms. The Balaban J connectivity index is 1.94. The van der Waals surface area contributed by atoms with Crippen LogP contribution < -0.4 is 10.6 Å². The first-order valence-corrected chi connectivity index (χ1v) is 10.2. The average molecular weight is 380 g/mol. The van der Waals surface area contributed by atoms with E-state index in [1.165, 1.54) is 0 Å². The Morgan fingerprint density at radius 1 is 1.33 bits per heavy atom. The molecule has 1 saturated heterocycles. The lowest BCUT2D eigenvalue weighted by molar-refractivity contribution is -0.00684. The molecular weight excluding hydrogens is 342 g/mol. The van der Waals surface area contributed by atoms with Crippen LogP contribution in [-0.2, 0) is 17.7 Å². The molecule has 1 aromatic heterocycles. The van der Waals surface area contributed by atoms with Crippen LogP contribution in [-0.4, -0.2) is 76.6 Å². The molecule has 1 fully saturated rings. The second-order valence-corrected chi connectivity index (χ2v) is 7.75. The van der Waals surface area contributed by atoms with E-state index >= 15 is 0 Å². The van der Waals surface area contributed by atoms with Gasteiger partial charge in [-0.3, -0.25) is 9.89 Å². The fourth-order valence-electron chi connectivity index (χ4n) is 3.06. The Morgan fingerprint density at radius 2 is 2.07 bits per heavy atom. The molecule has 1 aromatic rings. The standard InChI is InChI=1S/C19H37N7O/c1-6-16(3)23-18(20-8-9-25-15-22-24-17(25)7-2)21-14-19(4,5)26-10-12-27-13-11-26/h15-16H,6-14H2,1-5H3,(H2,20,21,23). The second-order valence-electron chi connectivity index (χ2n) is 7.75. The van der Waals surface area contributed by atoms with E-state index in [1.807, 2.05) is 0 Å². The number of guanidine groups is 1. The largest absolute Gasteiger partial charge is 0.379 e. The molecule has 8 heteroatoms. The van der Waals surface area contributed by atoms with Crippen LogP contribution in [0.5, 0.6) is 0 Å². The first-order chi connectivity index (χ1) is 13.0. The van der Waals surface area contributed by atoms with Gasteiger partial charge in [-0.1, -0.05) is 13.8 Å². The van der Waals surface area contributed by atoms with Gasteiger partial charge in [0.1, 0.15) is 12.2 Å². The zero-order chi connectivity index (χ0) is 19.7. The number of aliphatic imine (C=N–C) groups is 1. The maximum atomic E-state index is 5.48. The van der Waals surface area contributed by atoms with Gasteiger partial charge in [0.15, 0.2) is 5.96 Å². The van der Waals surface area contributed by atoms with E-state index in [2.05, 4.69) is 64.9 Å². The van der Waals surface area contributed by atoms with Crippen LogP contribution in [0, 0.1) is 0 Å². The Hall–Kier alpha value is -1.67. The summed E-state index contributed by atoms with van der Waals surface area (Å²) < 4.78 is 7.57. The summed E-state index contributed by atoms with van der Waals surface area (Å²) in [5.41, 5.74) is 0.0114. The third-order valence-corrected chi connectivity index (χ3v) is 5.14. The third kappa shape index (κ3) is 6.77. The van der Waals surface area contributed by atoms with Crippen LogP contribution in [0.1, 0.15) is 46.9 Å². The Kier molecular flexibility index (Phi) is 8.50. The highest BCUT2D eigenvalue weighted by atomic mass is 16.5. The van der Waals surface area contributed by atoms with Gasteiger partial charge in [-0.15, -0.1) is 10.2 Å². The molecule has 154 valence electrons. The number of hydrogen-bond donors (Lipinski definition) is 2. The first-order valence-electron chi connectivity index (χ1n) is 10.2. The van der Waals surface area contributed by atoms with Crippen LogP contribution >= 0.6 is 0 Å². The van der Waals surface area contributed by atoms with Gasteiger partial charge in [0, 0.05) is 44.2 Å². The van der Waals surface area contributed by atoms with Gasteiger partial charge in [-0.25, -0.2) is 0 Å². The van der Waals surface area contributed by atoms with E-state index < -0.39 is 0 Å². The fourth-order valence-corrected chi connectivity index (χ4v) is 3.06. The fraction of sp³-hybridized carbons (Fsp3) is 0.842. The van der Waals surface area contributed by atoms with Gasteiger partial charge in [0.2, 0.25) is 0 Å². The van der Waals surface area contributed by atoms with Crippen LogP contribution in [0.4, 0.5) is 0 Å². The van der Waals surface area contributed by atoms with Gasteiger partial charge in [-0.05, 0) is 27.2 Å². The lowest BCUT2D eigenvalue weighted by Crippen LogP contribution is -2.52. The number of aromatic nitrogens is 3. The minimum atomic E-state index is 0.0114. The molecule has 1 unspecified atom stereocenters. The van der Waals surface area contributed by atoms with Crippen molar-refractivity contribution in [3.63, 3.8) is 0 Å². The van der Waals surface area contributed by atoms with E-state index in [0.717, 1.165) is 70.6 Å². The van der Waals surface area contributed by atoms with Crippen molar-refractivity contribution in [1.29, 1.82) is 0 Å². The van der Waals surface area contributed by atoms with Gasteiger partial charge in [0.25, 0.3) is 0 Å². The van der Waals surface area contributed by atoms with E-state index in [9.17, 15) is 0 Å². The van der Waals surface area contributed by atoms with E-state index in [-0.39, 0.29) is 5.54 Å². The first kappa shape index (κ1) is 21.6. The molecule has 0 radical (unpaired) electrons. The topological polar surface area (TPSA) is 79.6 Å². The zero-order valence-electron chi connectivity index (χ0n) is 17.7. The van der Waals surface area contributed by atoms with Crippen LogP contribution in [0.15, 0.2) is 11.3 Å². The summed E-state index contributed by atoms with van der Waals surface area (Å²) in [5, 5.41) is 15.1. The molecular formula is C19H37N7O. The normalized spacial score (nSPS) is 17.7. The summed E-state index contributed by atoms with van der Waals surface area (Å²) in [6, 6.07) is 0.379. The number of rotatable bonds is 9. The molecule has 0 spiro atoms. The summed E-state index contributed by atoms with van der Waals surface area (Å²) in [6.45, 7) is 16.9. The molecule has 2 rings (SSSR count). The molecule has 8 nitrogen and oxygen atoms in total. The highest BCUT2D eigenvalue weighted by molar-refractivity contribution is 5.80. The van der Waals surface area contributed by atoms with Crippen molar-refractivity contribution < 1.29 is 4.74 Å². The van der Waals surface area contributed by atoms with Gasteiger partial charge >= 0.3 is 0 Å². The number of ether oxygens (including phenoxy) is 1. The summed E-state index contributed by atoms with van der Waals surface area (Å²) in [4.78, 5) is 7.36. The summed E-state index contributed by atoms with van der Waals surface area (Å²) >= 11 is 0. The third-order valence-electron chi connectivity index (χ3n) is 5.14. The van der Waals surface area contributed by atoms with Gasteiger partial charge < -0.3 is 19.9 Å². The predicted octanol–water partition coefficient (Wildman–Crippen LogP) is 1.29. The number of nitrogens with one attached hydrogen (secondary N) is 2. The number of morpholine rings is 1. The van der Waals surface area contributed by atoms with Crippen molar-refractivity contribution in [3.05, 3.63) is 12.2 Å². The quantitative estimate of drug-likeness (QED) is 0.497. The molecule has 0 aliphatic carbocycles.